The number of alkyl halides is 3. The van der Waals surface area contributed by atoms with Gasteiger partial charge in [-0.25, -0.2) is 0 Å². The van der Waals surface area contributed by atoms with Gasteiger partial charge in [0.05, 0.1) is 13.1 Å². The van der Waals surface area contributed by atoms with E-state index in [1.165, 1.54) is 4.90 Å². The smallest absolute Gasteiger partial charge is 0.305 e. The van der Waals surface area contributed by atoms with Gasteiger partial charge in [-0.3, -0.25) is 4.90 Å². The highest BCUT2D eigenvalue weighted by molar-refractivity contribution is 4.87. The maximum atomic E-state index is 12.1. The molecule has 1 N–H and O–H groups in total. The van der Waals surface area contributed by atoms with E-state index in [2.05, 4.69) is 11.2 Å². The summed E-state index contributed by atoms with van der Waals surface area (Å²) in [6.07, 6.45) is 0.877. The van der Waals surface area contributed by atoms with E-state index in [1.807, 2.05) is 0 Å². The van der Waals surface area contributed by atoms with Crippen molar-refractivity contribution in [3.05, 3.63) is 0 Å². The second kappa shape index (κ2) is 6.70. The summed E-state index contributed by atoms with van der Waals surface area (Å²) >= 11 is 0. The van der Waals surface area contributed by atoms with Crippen LogP contribution < -0.4 is 5.32 Å². The molecule has 0 bridgehead atoms. The quantitative estimate of drug-likeness (QED) is 0.541. The number of likely N-dealkylation sites (N-methyl/N-ethyl adjacent to an activating group) is 1. The fraction of sp³-hybridized carbons (Fsp3) is 0.800. The topological polar surface area (TPSA) is 15.3 Å². The highest BCUT2D eigenvalue weighted by Crippen LogP contribution is 2.17. The molecule has 0 radical (unpaired) electrons. The molecule has 0 aromatic carbocycles. The first-order valence-electron chi connectivity index (χ1n) is 4.85. The maximum Gasteiger partial charge on any atom is 0.401 e. The number of terminal acetylenes is 1. The van der Waals surface area contributed by atoms with Gasteiger partial charge in [-0.05, 0) is 13.5 Å². The second-order valence-electron chi connectivity index (χ2n) is 3.36. The third kappa shape index (κ3) is 7.23. The van der Waals surface area contributed by atoms with Crippen LogP contribution in [0.1, 0.15) is 13.8 Å². The summed E-state index contributed by atoms with van der Waals surface area (Å²) in [6, 6.07) is -0.176. The van der Waals surface area contributed by atoms with Crippen LogP contribution in [-0.4, -0.2) is 43.3 Å². The van der Waals surface area contributed by atoms with E-state index in [4.69, 9.17) is 6.42 Å². The van der Waals surface area contributed by atoms with Crippen molar-refractivity contribution in [2.45, 2.75) is 26.1 Å². The van der Waals surface area contributed by atoms with Gasteiger partial charge in [0.25, 0.3) is 0 Å². The van der Waals surface area contributed by atoms with Crippen molar-refractivity contribution in [3.63, 3.8) is 0 Å². The van der Waals surface area contributed by atoms with Crippen molar-refractivity contribution in [2.24, 2.45) is 0 Å². The lowest BCUT2D eigenvalue weighted by Gasteiger charge is -2.28. The van der Waals surface area contributed by atoms with Gasteiger partial charge in [-0.1, -0.05) is 12.8 Å². The Morgan fingerprint density at radius 2 is 2.07 bits per heavy atom. The molecule has 0 saturated heterocycles. The van der Waals surface area contributed by atoms with E-state index in [0.29, 0.717) is 19.6 Å². The van der Waals surface area contributed by atoms with Crippen LogP contribution in [-0.2, 0) is 0 Å². The predicted molar refractivity (Wildman–Crippen MR) is 54.5 cm³/mol. The van der Waals surface area contributed by atoms with Crippen LogP contribution >= 0.6 is 0 Å². The molecule has 0 aromatic heterocycles. The molecule has 0 aliphatic rings. The van der Waals surface area contributed by atoms with Gasteiger partial charge in [0, 0.05) is 12.6 Å². The number of nitrogens with zero attached hydrogens (tertiary/aromatic N) is 1. The summed E-state index contributed by atoms with van der Waals surface area (Å²) < 4.78 is 36.4. The van der Waals surface area contributed by atoms with Gasteiger partial charge in [0.1, 0.15) is 0 Å². The molecular formula is C10H17F3N2. The summed E-state index contributed by atoms with van der Waals surface area (Å²) in [5, 5.41) is 2.89. The van der Waals surface area contributed by atoms with Crippen LogP contribution in [0, 0.1) is 12.3 Å². The molecule has 15 heavy (non-hydrogen) atoms. The predicted octanol–water partition coefficient (Wildman–Crippen LogP) is 1.48. The Morgan fingerprint density at radius 1 is 1.47 bits per heavy atom. The van der Waals surface area contributed by atoms with Crippen LogP contribution in [0.2, 0.25) is 0 Å². The Labute approximate surface area is 88.8 Å². The molecule has 0 rings (SSSR count). The molecule has 0 fully saturated rings. The van der Waals surface area contributed by atoms with Gasteiger partial charge >= 0.3 is 6.18 Å². The molecule has 1 atom stereocenters. The number of hydrogen-bond donors (Lipinski definition) is 1. The SMILES string of the molecule is C#CCNCC(C)N(CC)CC(F)(F)F. The molecule has 1 unspecified atom stereocenters. The number of hydrogen-bond acceptors (Lipinski definition) is 2. The highest BCUT2D eigenvalue weighted by Gasteiger charge is 2.31. The fourth-order valence-electron chi connectivity index (χ4n) is 1.29. The molecule has 0 heterocycles. The average molecular weight is 222 g/mol. The maximum absolute atomic E-state index is 12.1. The minimum absolute atomic E-state index is 0.176. The molecule has 0 aliphatic carbocycles. The van der Waals surface area contributed by atoms with Crippen molar-refractivity contribution < 1.29 is 13.2 Å². The Morgan fingerprint density at radius 3 is 2.47 bits per heavy atom. The molecule has 5 heteroatoms. The summed E-state index contributed by atoms with van der Waals surface area (Å²) in [4.78, 5) is 1.36. The molecule has 0 spiro atoms. The minimum Gasteiger partial charge on any atom is -0.305 e. The Kier molecular flexibility index (Phi) is 6.37. The highest BCUT2D eigenvalue weighted by atomic mass is 19.4. The van der Waals surface area contributed by atoms with E-state index in [-0.39, 0.29) is 6.04 Å². The van der Waals surface area contributed by atoms with Gasteiger partial charge in [0.2, 0.25) is 0 Å². The lowest BCUT2D eigenvalue weighted by molar-refractivity contribution is -0.149. The van der Waals surface area contributed by atoms with Crippen molar-refractivity contribution in [3.8, 4) is 12.3 Å². The van der Waals surface area contributed by atoms with Crippen molar-refractivity contribution >= 4 is 0 Å². The molecule has 88 valence electrons. The Bertz CT molecular complexity index is 208. The van der Waals surface area contributed by atoms with Crippen molar-refractivity contribution in [2.75, 3.05) is 26.2 Å². The van der Waals surface area contributed by atoms with E-state index < -0.39 is 12.7 Å². The van der Waals surface area contributed by atoms with Crippen LogP contribution in [0.4, 0.5) is 13.2 Å². The third-order valence-electron chi connectivity index (χ3n) is 2.08. The van der Waals surface area contributed by atoms with E-state index in [0.717, 1.165) is 0 Å². The largest absolute Gasteiger partial charge is 0.401 e. The monoisotopic (exact) mass is 222 g/mol. The van der Waals surface area contributed by atoms with Gasteiger partial charge in [-0.2, -0.15) is 13.2 Å². The van der Waals surface area contributed by atoms with Gasteiger partial charge in [0.15, 0.2) is 0 Å². The molecule has 0 amide bonds. The Hall–Kier alpha value is -0.730. The second-order valence-corrected chi connectivity index (χ2v) is 3.36. The zero-order valence-electron chi connectivity index (χ0n) is 9.06. The zero-order chi connectivity index (χ0) is 11.9. The van der Waals surface area contributed by atoms with Gasteiger partial charge in [-0.15, -0.1) is 6.42 Å². The van der Waals surface area contributed by atoms with Gasteiger partial charge < -0.3 is 5.32 Å². The minimum atomic E-state index is -4.14. The van der Waals surface area contributed by atoms with E-state index in [1.54, 1.807) is 13.8 Å². The Balaban J connectivity index is 4.00. The first-order chi connectivity index (χ1) is 6.90. The van der Waals surface area contributed by atoms with Crippen molar-refractivity contribution in [1.82, 2.24) is 10.2 Å². The third-order valence-corrected chi connectivity index (χ3v) is 2.08. The molecular weight excluding hydrogens is 205 g/mol. The number of nitrogens with one attached hydrogen (secondary N) is 1. The van der Waals surface area contributed by atoms with E-state index >= 15 is 0 Å². The standard InChI is InChI=1S/C10H17F3N2/c1-4-6-14-7-9(3)15(5-2)8-10(11,12)13/h1,9,14H,5-8H2,2-3H3. The molecule has 2 nitrogen and oxygen atoms in total. The summed E-state index contributed by atoms with van der Waals surface area (Å²) in [5.74, 6) is 2.38. The summed E-state index contributed by atoms with van der Waals surface area (Å²) in [5.41, 5.74) is 0. The fourth-order valence-corrected chi connectivity index (χ4v) is 1.29. The van der Waals surface area contributed by atoms with E-state index in [9.17, 15) is 13.2 Å². The van der Waals surface area contributed by atoms with Crippen LogP contribution in [0.3, 0.4) is 0 Å². The van der Waals surface area contributed by atoms with Crippen LogP contribution in [0.25, 0.3) is 0 Å². The van der Waals surface area contributed by atoms with Crippen LogP contribution in [0.15, 0.2) is 0 Å². The first-order valence-corrected chi connectivity index (χ1v) is 4.85. The zero-order valence-corrected chi connectivity index (χ0v) is 9.06. The summed E-state index contributed by atoms with van der Waals surface area (Å²) in [6.45, 7) is 3.81. The lowest BCUT2D eigenvalue weighted by atomic mass is 10.2. The lowest BCUT2D eigenvalue weighted by Crippen LogP contribution is -2.44. The molecule has 0 aliphatic heterocycles. The average Bonchev–Trinajstić information content (AvgIpc) is 2.13. The van der Waals surface area contributed by atoms with Crippen LogP contribution in [0.5, 0.6) is 0 Å². The normalized spacial score (nSPS) is 13.9. The molecule has 0 saturated carbocycles. The first kappa shape index (κ1) is 14.3. The number of halogens is 3. The molecule has 0 aromatic rings. The van der Waals surface area contributed by atoms with Crippen molar-refractivity contribution in [1.29, 1.82) is 0 Å². The summed E-state index contributed by atoms with van der Waals surface area (Å²) in [7, 11) is 0. The number of rotatable bonds is 6.